The van der Waals surface area contributed by atoms with Crippen molar-refractivity contribution >= 4 is 34.8 Å². The molecule has 0 atom stereocenters. The van der Waals surface area contributed by atoms with Gasteiger partial charge in [-0.3, -0.25) is 4.79 Å². The van der Waals surface area contributed by atoms with Gasteiger partial charge < -0.3 is 14.4 Å². The second kappa shape index (κ2) is 9.05. The molecule has 0 saturated carbocycles. The maximum absolute atomic E-state index is 12.1. The van der Waals surface area contributed by atoms with Crippen LogP contribution in [0.1, 0.15) is 15.2 Å². The summed E-state index contributed by atoms with van der Waals surface area (Å²) >= 11 is 7.16. The van der Waals surface area contributed by atoms with E-state index in [4.69, 9.17) is 16.3 Å². The molecule has 0 unspecified atom stereocenters. The number of ether oxygens (including phenoxy) is 2. The highest BCUT2D eigenvalue weighted by Crippen LogP contribution is 2.22. The molecule has 0 radical (unpaired) electrons. The minimum absolute atomic E-state index is 0.0187. The van der Waals surface area contributed by atoms with Crippen LogP contribution in [0.2, 0.25) is 4.34 Å². The van der Waals surface area contributed by atoms with Gasteiger partial charge in [0.25, 0.3) is 5.91 Å². The summed E-state index contributed by atoms with van der Waals surface area (Å²) in [6.07, 6.45) is -3.48. The number of nitrogens with zero attached hydrogens (tertiary/aromatic N) is 2. The van der Waals surface area contributed by atoms with Crippen LogP contribution >= 0.6 is 22.9 Å². The Labute approximate surface area is 161 Å². The summed E-state index contributed by atoms with van der Waals surface area (Å²) in [4.78, 5) is 29.7. The number of pyridine rings is 1. The lowest BCUT2D eigenvalue weighted by Gasteiger charge is -2.16. The number of likely N-dealkylation sites (N-methyl/N-ethyl adjacent to an activating group) is 1. The molecule has 0 saturated heterocycles. The fourth-order valence-corrected chi connectivity index (χ4v) is 2.96. The van der Waals surface area contributed by atoms with Crippen molar-refractivity contribution in [1.82, 2.24) is 9.88 Å². The molecule has 27 heavy (non-hydrogen) atoms. The largest absolute Gasteiger partial charge is 0.468 e. The third-order valence-corrected chi connectivity index (χ3v) is 4.35. The number of carbonyl (C=O) groups is 2. The molecule has 2 heterocycles. The number of hydrogen-bond donors (Lipinski definition) is 0. The van der Waals surface area contributed by atoms with Gasteiger partial charge >= 0.3 is 12.1 Å². The van der Waals surface area contributed by atoms with Gasteiger partial charge in [-0.25, -0.2) is 9.78 Å². The van der Waals surface area contributed by atoms with Gasteiger partial charge in [-0.1, -0.05) is 11.6 Å². The predicted octanol–water partition coefficient (Wildman–Crippen LogP) is 3.55. The second-order valence-electron chi connectivity index (χ2n) is 5.32. The molecule has 0 fully saturated rings. The van der Waals surface area contributed by atoms with Gasteiger partial charge in [-0.15, -0.1) is 11.3 Å². The van der Waals surface area contributed by atoms with E-state index in [1.54, 1.807) is 19.2 Å². The van der Waals surface area contributed by atoms with Gasteiger partial charge in [0.1, 0.15) is 0 Å². The number of hydrogen-bond acceptors (Lipinski definition) is 6. The summed E-state index contributed by atoms with van der Waals surface area (Å²) in [6.45, 7) is -1.65. The standard InChI is InChI=1S/C16H14ClF3N2O4S/c1-22(7-11-3-4-12(17)27-11)14(23)8-25-15(24)10-2-5-13(21-6-10)26-9-16(18,19)20/h2-6H,7-9H2,1H3. The molecule has 2 aromatic rings. The molecule has 6 nitrogen and oxygen atoms in total. The number of esters is 1. The molecular formula is C16H14ClF3N2O4S. The van der Waals surface area contributed by atoms with Crippen molar-refractivity contribution < 1.29 is 32.2 Å². The highest BCUT2D eigenvalue weighted by atomic mass is 35.5. The molecule has 1 amide bonds. The van der Waals surface area contributed by atoms with E-state index in [0.717, 1.165) is 17.1 Å². The lowest BCUT2D eigenvalue weighted by atomic mass is 10.3. The van der Waals surface area contributed by atoms with Crippen molar-refractivity contribution in [1.29, 1.82) is 0 Å². The third kappa shape index (κ3) is 7.06. The van der Waals surface area contributed by atoms with E-state index >= 15 is 0 Å². The maximum atomic E-state index is 12.1. The number of carbonyl (C=O) groups excluding carboxylic acids is 2. The van der Waals surface area contributed by atoms with Crippen molar-refractivity contribution in [3.63, 3.8) is 0 Å². The molecule has 0 bridgehead atoms. The highest BCUT2D eigenvalue weighted by molar-refractivity contribution is 7.16. The third-order valence-electron chi connectivity index (χ3n) is 3.13. The van der Waals surface area contributed by atoms with Crippen molar-refractivity contribution in [3.8, 4) is 5.88 Å². The first kappa shape index (κ1) is 21.0. The monoisotopic (exact) mass is 422 g/mol. The molecule has 0 N–H and O–H groups in total. The minimum atomic E-state index is -4.49. The van der Waals surface area contributed by atoms with Crippen LogP contribution in [0.4, 0.5) is 13.2 Å². The zero-order valence-electron chi connectivity index (χ0n) is 14.0. The minimum Gasteiger partial charge on any atom is -0.468 e. The first-order valence-electron chi connectivity index (χ1n) is 7.45. The van der Waals surface area contributed by atoms with Crippen molar-refractivity contribution in [2.24, 2.45) is 0 Å². The fourth-order valence-electron chi connectivity index (χ4n) is 1.82. The molecule has 0 aliphatic rings. The number of rotatable bonds is 7. The quantitative estimate of drug-likeness (QED) is 0.638. The van der Waals surface area contributed by atoms with Gasteiger partial charge in [-0.2, -0.15) is 13.2 Å². The molecule has 2 aromatic heterocycles. The summed E-state index contributed by atoms with van der Waals surface area (Å²) in [7, 11) is 1.55. The molecular weight excluding hydrogens is 409 g/mol. The Kier molecular flexibility index (Phi) is 7.03. The van der Waals surface area contributed by atoms with E-state index in [2.05, 4.69) is 9.72 Å². The number of thiophene rings is 1. The predicted molar refractivity (Wildman–Crippen MR) is 91.9 cm³/mol. The molecule has 0 spiro atoms. The Morgan fingerprint density at radius 3 is 2.56 bits per heavy atom. The summed E-state index contributed by atoms with van der Waals surface area (Å²) in [6, 6.07) is 5.81. The van der Waals surface area contributed by atoms with Crippen LogP contribution in [-0.2, 0) is 16.1 Å². The summed E-state index contributed by atoms with van der Waals surface area (Å²) in [5.41, 5.74) is -0.0187. The van der Waals surface area contributed by atoms with Gasteiger partial charge in [0, 0.05) is 24.2 Å². The van der Waals surface area contributed by atoms with Crippen molar-refractivity contribution in [3.05, 3.63) is 45.2 Å². The molecule has 146 valence electrons. The molecule has 2 rings (SSSR count). The second-order valence-corrected chi connectivity index (χ2v) is 7.12. The van der Waals surface area contributed by atoms with Crippen LogP contribution in [0.5, 0.6) is 5.88 Å². The van der Waals surface area contributed by atoms with Crippen LogP contribution < -0.4 is 4.74 Å². The summed E-state index contributed by atoms with van der Waals surface area (Å²) < 4.78 is 46.1. The SMILES string of the molecule is CN(Cc1ccc(Cl)s1)C(=O)COC(=O)c1ccc(OCC(F)(F)F)nc1. The van der Waals surface area contributed by atoms with Crippen LogP contribution in [-0.4, -0.2) is 48.2 Å². The molecule has 0 aliphatic carbocycles. The first-order chi connectivity index (χ1) is 12.6. The lowest BCUT2D eigenvalue weighted by molar-refractivity contribution is -0.154. The van der Waals surface area contributed by atoms with Crippen LogP contribution in [0.3, 0.4) is 0 Å². The van der Waals surface area contributed by atoms with Crippen LogP contribution in [0.15, 0.2) is 30.5 Å². The molecule has 11 heteroatoms. The zero-order valence-corrected chi connectivity index (χ0v) is 15.5. The summed E-state index contributed by atoms with van der Waals surface area (Å²) in [5, 5.41) is 0. The Bertz CT molecular complexity index is 796. The van der Waals surface area contributed by atoms with Crippen molar-refractivity contribution in [2.75, 3.05) is 20.3 Å². The normalized spacial score (nSPS) is 11.1. The topological polar surface area (TPSA) is 68.7 Å². The number of amides is 1. The number of halogens is 4. The Morgan fingerprint density at radius 2 is 2.00 bits per heavy atom. The molecule has 0 aromatic carbocycles. The van der Waals surface area contributed by atoms with Gasteiger partial charge in [0.2, 0.25) is 5.88 Å². The average Bonchev–Trinajstić information content (AvgIpc) is 3.02. The Hall–Kier alpha value is -2.33. The van der Waals surface area contributed by atoms with E-state index in [1.165, 1.54) is 22.3 Å². The first-order valence-corrected chi connectivity index (χ1v) is 8.64. The molecule has 0 aliphatic heterocycles. The van der Waals surface area contributed by atoms with Crippen LogP contribution in [0.25, 0.3) is 0 Å². The van der Waals surface area contributed by atoms with Gasteiger partial charge in [0.15, 0.2) is 13.2 Å². The maximum Gasteiger partial charge on any atom is 0.422 e. The number of alkyl halides is 3. The van der Waals surface area contributed by atoms with Crippen molar-refractivity contribution in [2.45, 2.75) is 12.7 Å². The highest BCUT2D eigenvalue weighted by Gasteiger charge is 2.28. The van der Waals surface area contributed by atoms with E-state index < -0.39 is 31.3 Å². The van der Waals surface area contributed by atoms with E-state index in [0.29, 0.717) is 10.9 Å². The Balaban J connectivity index is 1.81. The summed E-state index contributed by atoms with van der Waals surface area (Å²) in [5.74, 6) is -1.54. The smallest absolute Gasteiger partial charge is 0.422 e. The Morgan fingerprint density at radius 1 is 1.26 bits per heavy atom. The average molecular weight is 423 g/mol. The van der Waals surface area contributed by atoms with Crippen LogP contribution in [0, 0.1) is 0 Å². The van der Waals surface area contributed by atoms with E-state index in [1.807, 2.05) is 0 Å². The fraction of sp³-hybridized carbons (Fsp3) is 0.312. The van der Waals surface area contributed by atoms with E-state index in [9.17, 15) is 22.8 Å². The number of aromatic nitrogens is 1. The van der Waals surface area contributed by atoms with Gasteiger partial charge in [0.05, 0.1) is 16.4 Å². The lowest BCUT2D eigenvalue weighted by Crippen LogP contribution is -2.30. The van der Waals surface area contributed by atoms with E-state index in [-0.39, 0.29) is 11.4 Å². The zero-order chi connectivity index (χ0) is 20.0. The van der Waals surface area contributed by atoms with Gasteiger partial charge in [-0.05, 0) is 18.2 Å².